The fourth-order valence-corrected chi connectivity index (χ4v) is 5.03. The number of hydrogen-bond acceptors (Lipinski definition) is 14. The molecule has 3 aliphatic rings. The Morgan fingerprint density at radius 1 is 0.872 bits per heavy atom. The molecule has 0 bridgehead atoms. The van der Waals surface area contributed by atoms with Gasteiger partial charge < -0.3 is 37.9 Å². The Hall–Kier alpha value is -3.52. The van der Waals surface area contributed by atoms with Crippen molar-refractivity contribution in [1.82, 2.24) is 0 Å². The molecule has 1 saturated heterocycles. The minimum atomic E-state index is -1.51. The third kappa shape index (κ3) is 6.92. The van der Waals surface area contributed by atoms with Gasteiger partial charge in [-0.15, -0.1) is 0 Å². The Balaban J connectivity index is 2.00. The maximum absolute atomic E-state index is 12.6. The second-order valence-electron chi connectivity index (χ2n) is 9.42. The molecule has 1 aliphatic carbocycles. The Morgan fingerprint density at radius 2 is 1.46 bits per heavy atom. The minimum absolute atomic E-state index is 0.0502. The summed E-state index contributed by atoms with van der Waals surface area (Å²) in [7, 11) is 1.21. The molecule has 14 heteroatoms. The van der Waals surface area contributed by atoms with Crippen molar-refractivity contribution in [2.24, 2.45) is 17.8 Å². The molecule has 2 heterocycles. The van der Waals surface area contributed by atoms with E-state index < -0.39 is 91.2 Å². The fourth-order valence-electron chi connectivity index (χ4n) is 5.03. The van der Waals surface area contributed by atoms with Crippen molar-refractivity contribution < 1.29 is 66.7 Å². The number of carbonyl (C=O) groups is 6. The Labute approximate surface area is 224 Å². The first kappa shape index (κ1) is 30.0. The lowest BCUT2D eigenvalue weighted by molar-refractivity contribution is -0.344. The number of hydrogen-bond donors (Lipinski definition) is 0. The van der Waals surface area contributed by atoms with Crippen molar-refractivity contribution in [2.75, 3.05) is 13.7 Å². The number of Topliss-reactive ketones (excluding diaryl/α,β-unsaturated/α-hetero) is 1. The Bertz CT molecular complexity index is 1030. The number of ketones is 1. The number of carbonyl (C=O) groups excluding carboxylic acids is 6. The summed E-state index contributed by atoms with van der Waals surface area (Å²) in [5.74, 6) is -5.62. The van der Waals surface area contributed by atoms with Crippen molar-refractivity contribution >= 4 is 35.6 Å². The van der Waals surface area contributed by atoms with Crippen molar-refractivity contribution in [2.45, 2.75) is 78.0 Å². The van der Waals surface area contributed by atoms with Gasteiger partial charge in [0.05, 0.1) is 18.9 Å². The average molecular weight is 557 g/mol. The van der Waals surface area contributed by atoms with Gasteiger partial charge in [-0.2, -0.15) is 0 Å². The van der Waals surface area contributed by atoms with E-state index in [1.54, 1.807) is 6.92 Å². The molecule has 2 fully saturated rings. The van der Waals surface area contributed by atoms with Crippen LogP contribution >= 0.6 is 0 Å². The largest absolute Gasteiger partial charge is 0.472 e. The van der Waals surface area contributed by atoms with Gasteiger partial charge in [-0.3, -0.25) is 24.0 Å². The molecule has 0 amide bonds. The quantitative estimate of drug-likeness (QED) is 0.295. The van der Waals surface area contributed by atoms with Crippen LogP contribution in [-0.4, -0.2) is 86.3 Å². The molecule has 1 saturated carbocycles. The van der Waals surface area contributed by atoms with E-state index in [1.807, 2.05) is 0 Å². The van der Waals surface area contributed by atoms with Crippen LogP contribution in [0.5, 0.6) is 0 Å². The molecule has 14 nitrogen and oxygen atoms in total. The van der Waals surface area contributed by atoms with E-state index in [0.717, 1.165) is 34.0 Å². The molecular formula is C25H32O14. The zero-order valence-corrected chi connectivity index (χ0v) is 22.4. The van der Waals surface area contributed by atoms with Crippen LogP contribution in [-0.2, 0) is 66.7 Å². The summed E-state index contributed by atoms with van der Waals surface area (Å²) in [6, 6.07) is 0. The highest BCUT2D eigenvalue weighted by Gasteiger charge is 2.56. The predicted molar refractivity (Wildman–Crippen MR) is 124 cm³/mol. The standard InChI is InChI=1S/C25H32O14/c1-10-17(30)7-15-16(23(31)32-6)8-34-24(19(10)15)39-25-22(37-14(5)29)21(36-13(4)28)20(35-12(3)27)18(38-25)9-33-11(2)26/h8,10,15,18-22,24-25H,7,9H2,1-6H3/t10-,15+,18+,19+,20+,21-,22+,24-,25-/m0/s1. The van der Waals surface area contributed by atoms with Gasteiger partial charge in [-0.25, -0.2) is 4.79 Å². The van der Waals surface area contributed by atoms with Gasteiger partial charge in [-0.05, 0) is 0 Å². The van der Waals surface area contributed by atoms with E-state index in [9.17, 15) is 28.8 Å². The van der Waals surface area contributed by atoms with Gasteiger partial charge in [0.1, 0.15) is 18.5 Å². The maximum Gasteiger partial charge on any atom is 0.337 e. The zero-order chi connectivity index (χ0) is 29.0. The average Bonchev–Trinajstić information content (AvgIpc) is 3.14. The maximum atomic E-state index is 12.6. The third-order valence-corrected chi connectivity index (χ3v) is 6.65. The normalized spacial score (nSPS) is 33.5. The first-order chi connectivity index (χ1) is 18.3. The molecule has 2 aliphatic heterocycles. The monoisotopic (exact) mass is 556 g/mol. The van der Waals surface area contributed by atoms with Gasteiger partial charge >= 0.3 is 29.8 Å². The highest BCUT2D eigenvalue weighted by atomic mass is 16.8. The van der Waals surface area contributed by atoms with Crippen LogP contribution in [0.4, 0.5) is 0 Å². The molecule has 0 radical (unpaired) electrons. The molecule has 216 valence electrons. The summed E-state index contributed by atoms with van der Waals surface area (Å²) in [5.41, 5.74) is 0.168. The molecule has 3 rings (SSSR count). The first-order valence-electron chi connectivity index (χ1n) is 12.3. The highest BCUT2D eigenvalue weighted by molar-refractivity contribution is 5.92. The van der Waals surface area contributed by atoms with E-state index in [-0.39, 0.29) is 17.8 Å². The fraction of sp³-hybridized carbons (Fsp3) is 0.680. The van der Waals surface area contributed by atoms with Crippen LogP contribution in [0.15, 0.2) is 11.8 Å². The topological polar surface area (TPSA) is 176 Å². The van der Waals surface area contributed by atoms with Crippen LogP contribution in [0, 0.1) is 17.8 Å². The molecule has 0 aromatic rings. The van der Waals surface area contributed by atoms with E-state index in [4.69, 9.17) is 37.9 Å². The summed E-state index contributed by atoms with van der Waals surface area (Å²) < 4.78 is 43.8. The Kier molecular flexibility index (Phi) is 9.67. The summed E-state index contributed by atoms with van der Waals surface area (Å²) in [6.45, 7) is 5.70. The lowest BCUT2D eigenvalue weighted by atomic mass is 9.83. The second kappa shape index (κ2) is 12.6. The SMILES string of the molecule is COC(=O)C1=CO[C@@H](O[C@@H]2O[C@H](COC(C)=O)[C@@H](OC(C)=O)[C@H](OC(C)=O)[C@H]2OC(C)=O)[C@H]2[C@@H]1CC(=O)[C@@H]2C. The van der Waals surface area contributed by atoms with Crippen molar-refractivity contribution in [3.05, 3.63) is 11.8 Å². The van der Waals surface area contributed by atoms with Crippen LogP contribution in [0.25, 0.3) is 0 Å². The van der Waals surface area contributed by atoms with E-state index >= 15 is 0 Å². The molecule has 0 unspecified atom stereocenters. The first-order valence-corrected chi connectivity index (χ1v) is 12.3. The summed E-state index contributed by atoms with van der Waals surface area (Å²) >= 11 is 0. The number of fused-ring (bicyclic) bond motifs is 1. The van der Waals surface area contributed by atoms with Crippen LogP contribution in [0.1, 0.15) is 41.0 Å². The molecule has 39 heavy (non-hydrogen) atoms. The zero-order valence-electron chi connectivity index (χ0n) is 22.4. The summed E-state index contributed by atoms with van der Waals surface area (Å²) in [6.07, 6.45) is -6.96. The molecule has 0 aromatic heterocycles. The number of methoxy groups -OCH3 is 1. The van der Waals surface area contributed by atoms with Gasteiger partial charge in [0.25, 0.3) is 0 Å². The highest BCUT2D eigenvalue weighted by Crippen LogP contribution is 2.46. The van der Waals surface area contributed by atoms with Gasteiger partial charge in [-0.1, -0.05) is 6.92 Å². The lowest BCUT2D eigenvalue weighted by Gasteiger charge is -2.45. The molecule has 0 spiro atoms. The van der Waals surface area contributed by atoms with E-state index in [2.05, 4.69) is 0 Å². The summed E-state index contributed by atoms with van der Waals surface area (Å²) in [4.78, 5) is 72.4. The van der Waals surface area contributed by atoms with Gasteiger partial charge in [0.15, 0.2) is 18.3 Å². The summed E-state index contributed by atoms with van der Waals surface area (Å²) in [5, 5.41) is 0. The van der Waals surface area contributed by atoms with Crippen LogP contribution in [0.3, 0.4) is 0 Å². The van der Waals surface area contributed by atoms with Crippen LogP contribution in [0.2, 0.25) is 0 Å². The molecule has 0 aromatic carbocycles. The molecule has 0 N–H and O–H groups in total. The van der Waals surface area contributed by atoms with Gasteiger partial charge in [0.2, 0.25) is 12.6 Å². The van der Waals surface area contributed by atoms with E-state index in [1.165, 1.54) is 7.11 Å². The van der Waals surface area contributed by atoms with Crippen molar-refractivity contribution in [1.29, 1.82) is 0 Å². The second-order valence-corrected chi connectivity index (χ2v) is 9.42. The van der Waals surface area contributed by atoms with Crippen molar-refractivity contribution in [3.8, 4) is 0 Å². The Morgan fingerprint density at radius 3 is 2.03 bits per heavy atom. The number of ether oxygens (including phenoxy) is 8. The van der Waals surface area contributed by atoms with Crippen molar-refractivity contribution in [3.63, 3.8) is 0 Å². The number of esters is 5. The lowest BCUT2D eigenvalue weighted by Crippen LogP contribution is -2.63. The minimum Gasteiger partial charge on any atom is -0.472 e. The molecule has 9 atom stereocenters. The predicted octanol–water partition coefficient (Wildman–Crippen LogP) is 0.341. The number of rotatable bonds is 8. The van der Waals surface area contributed by atoms with Gasteiger partial charge in [0, 0.05) is 51.9 Å². The molecular weight excluding hydrogens is 524 g/mol. The van der Waals surface area contributed by atoms with Crippen LogP contribution < -0.4 is 0 Å². The van der Waals surface area contributed by atoms with E-state index in [0.29, 0.717) is 0 Å². The third-order valence-electron chi connectivity index (χ3n) is 6.65. The smallest absolute Gasteiger partial charge is 0.337 e.